The molecule has 0 radical (unpaired) electrons. The number of nitriles is 1. The third-order valence-corrected chi connectivity index (χ3v) is 4.61. The summed E-state index contributed by atoms with van der Waals surface area (Å²) in [7, 11) is 0. The number of anilines is 1. The number of amides is 1. The van der Waals surface area contributed by atoms with Gasteiger partial charge in [-0.1, -0.05) is 40.9 Å². The van der Waals surface area contributed by atoms with Gasteiger partial charge in [0.15, 0.2) is 11.5 Å². The van der Waals surface area contributed by atoms with E-state index in [9.17, 15) is 10.1 Å². The fourth-order valence-electron chi connectivity index (χ4n) is 2.45. The molecule has 0 saturated carbocycles. The Kier molecular flexibility index (Phi) is 6.12. The first kappa shape index (κ1) is 19.4. The minimum Gasteiger partial charge on any atom is -0.489 e. The molecule has 0 aromatic heterocycles. The first-order valence-corrected chi connectivity index (χ1v) is 9.09. The summed E-state index contributed by atoms with van der Waals surface area (Å²) in [6.45, 7) is 0.999. The largest absolute Gasteiger partial charge is 0.489 e. The average Bonchev–Trinajstić information content (AvgIpc) is 2.88. The topological polar surface area (TPSA) is 71.3 Å². The number of rotatable bonds is 3. The summed E-state index contributed by atoms with van der Waals surface area (Å²) in [5.74, 6) is 0.283. The molecule has 1 amide bonds. The second kappa shape index (κ2) is 8.53. The van der Waals surface area contributed by atoms with Gasteiger partial charge in [0.1, 0.15) is 11.6 Å². The van der Waals surface area contributed by atoms with Gasteiger partial charge >= 0.3 is 0 Å². The minimum absolute atomic E-state index is 0.142. The smallest absolute Gasteiger partial charge is 0.266 e. The van der Waals surface area contributed by atoms with E-state index in [-0.39, 0.29) is 21.3 Å². The van der Waals surface area contributed by atoms with Crippen LogP contribution in [0.5, 0.6) is 11.5 Å². The number of benzene rings is 2. The molecule has 0 unspecified atom stereocenters. The molecule has 0 fully saturated rings. The molecule has 5 nitrogen and oxygen atoms in total. The van der Waals surface area contributed by atoms with Gasteiger partial charge in [0.2, 0.25) is 0 Å². The average molecular weight is 424 g/mol. The first-order valence-electron chi connectivity index (χ1n) is 7.96. The Morgan fingerprint density at radius 3 is 2.52 bits per heavy atom. The van der Waals surface area contributed by atoms with Gasteiger partial charge in [-0.25, -0.2) is 0 Å². The second-order valence-electron chi connectivity index (χ2n) is 5.60. The number of halogens is 3. The van der Waals surface area contributed by atoms with E-state index in [0.29, 0.717) is 35.3 Å². The number of fused-ring (bicyclic) bond motifs is 1. The van der Waals surface area contributed by atoms with Crippen LogP contribution in [0.1, 0.15) is 12.0 Å². The van der Waals surface area contributed by atoms with E-state index < -0.39 is 5.91 Å². The highest BCUT2D eigenvalue weighted by atomic mass is 35.5. The molecule has 0 aliphatic carbocycles. The highest BCUT2D eigenvalue weighted by Gasteiger charge is 2.17. The summed E-state index contributed by atoms with van der Waals surface area (Å²) in [5.41, 5.74) is 0.626. The van der Waals surface area contributed by atoms with Crippen LogP contribution in [0.3, 0.4) is 0 Å². The van der Waals surface area contributed by atoms with Gasteiger partial charge in [0, 0.05) is 6.42 Å². The number of hydrogen-bond acceptors (Lipinski definition) is 4. The summed E-state index contributed by atoms with van der Waals surface area (Å²) in [5, 5.41) is 12.8. The molecule has 0 saturated heterocycles. The molecule has 8 heteroatoms. The fraction of sp³-hybridized carbons (Fsp3) is 0.158. The lowest BCUT2D eigenvalue weighted by atomic mass is 10.1. The lowest BCUT2D eigenvalue weighted by Gasteiger charge is -2.11. The van der Waals surface area contributed by atoms with Crippen LogP contribution < -0.4 is 14.8 Å². The number of para-hydroxylation sites is 1. The molecule has 2 aromatic carbocycles. The number of hydrogen-bond donors (Lipinski definition) is 1. The zero-order valence-corrected chi connectivity index (χ0v) is 16.2. The third kappa shape index (κ3) is 4.48. The zero-order valence-electron chi connectivity index (χ0n) is 13.9. The second-order valence-corrected chi connectivity index (χ2v) is 6.82. The van der Waals surface area contributed by atoms with Crippen molar-refractivity contribution in [3.63, 3.8) is 0 Å². The van der Waals surface area contributed by atoms with Gasteiger partial charge in [-0.05, 0) is 35.9 Å². The molecule has 1 aliphatic heterocycles. The minimum atomic E-state index is -0.643. The van der Waals surface area contributed by atoms with E-state index in [0.717, 1.165) is 6.42 Å². The van der Waals surface area contributed by atoms with Crippen molar-refractivity contribution in [1.29, 1.82) is 5.26 Å². The fourth-order valence-corrected chi connectivity index (χ4v) is 3.21. The first-order chi connectivity index (χ1) is 13.0. The Labute approximate surface area is 171 Å². The molecule has 1 N–H and O–H groups in total. The van der Waals surface area contributed by atoms with Gasteiger partial charge < -0.3 is 14.8 Å². The van der Waals surface area contributed by atoms with Crippen LogP contribution in [0.2, 0.25) is 15.1 Å². The Morgan fingerprint density at radius 1 is 1.11 bits per heavy atom. The summed E-state index contributed by atoms with van der Waals surface area (Å²) >= 11 is 18.3. The molecule has 0 bridgehead atoms. The Morgan fingerprint density at radius 2 is 1.81 bits per heavy atom. The van der Waals surface area contributed by atoms with Crippen LogP contribution in [0.15, 0.2) is 35.9 Å². The van der Waals surface area contributed by atoms with Crippen LogP contribution in [-0.4, -0.2) is 19.1 Å². The number of carbonyl (C=O) groups excluding carboxylic acids is 1. The standard InChI is InChI=1S/C19H13Cl3N2O3/c20-13-3-1-4-14(21)17(13)24-19(25)12(10-23)7-11-8-15(22)18-16(9-11)26-5-2-6-27-18/h1,3-4,7-9H,2,5-6H2,(H,24,25)/b12-7+. The lowest BCUT2D eigenvalue weighted by Crippen LogP contribution is -2.14. The Hall–Kier alpha value is -2.39. The summed E-state index contributed by atoms with van der Waals surface area (Å²) in [6, 6.07) is 9.96. The number of ether oxygens (including phenoxy) is 2. The monoisotopic (exact) mass is 422 g/mol. The normalized spacial score (nSPS) is 13.5. The van der Waals surface area contributed by atoms with Crippen molar-refractivity contribution in [2.24, 2.45) is 0 Å². The SMILES string of the molecule is N#C/C(=C\c1cc(Cl)c2c(c1)OCCCO2)C(=O)Nc1c(Cl)cccc1Cl. The Balaban J connectivity index is 1.90. The van der Waals surface area contributed by atoms with Crippen LogP contribution >= 0.6 is 34.8 Å². The molecule has 0 spiro atoms. The van der Waals surface area contributed by atoms with Gasteiger partial charge in [-0.15, -0.1) is 0 Å². The molecular weight excluding hydrogens is 411 g/mol. The highest BCUT2D eigenvalue weighted by molar-refractivity contribution is 6.40. The van der Waals surface area contributed by atoms with E-state index >= 15 is 0 Å². The van der Waals surface area contributed by atoms with Gasteiger partial charge in [0.05, 0.1) is 34.0 Å². The van der Waals surface area contributed by atoms with Crippen molar-refractivity contribution < 1.29 is 14.3 Å². The third-order valence-electron chi connectivity index (χ3n) is 3.70. The lowest BCUT2D eigenvalue weighted by molar-refractivity contribution is -0.112. The quantitative estimate of drug-likeness (QED) is 0.533. The molecule has 138 valence electrons. The van der Waals surface area contributed by atoms with Gasteiger partial charge in [-0.3, -0.25) is 4.79 Å². The van der Waals surface area contributed by atoms with Gasteiger partial charge in [0.25, 0.3) is 5.91 Å². The van der Waals surface area contributed by atoms with E-state index in [2.05, 4.69) is 5.32 Å². The molecule has 1 heterocycles. The van der Waals surface area contributed by atoms with E-state index in [1.165, 1.54) is 6.08 Å². The van der Waals surface area contributed by atoms with Crippen molar-refractivity contribution in [1.82, 2.24) is 0 Å². The summed E-state index contributed by atoms with van der Waals surface area (Å²) in [4.78, 5) is 12.5. The number of carbonyl (C=O) groups is 1. The summed E-state index contributed by atoms with van der Waals surface area (Å²) < 4.78 is 11.2. The molecule has 1 aliphatic rings. The maximum atomic E-state index is 12.5. The van der Waals surface area contributed by atoms with E-state index in [1.807, 2.05) is 6.07 Å². The van der Waals surface area contributed by atoms with Crippen molar-refractivity contribution >= 4 is 52.5 Å². The molecule has 3 rings (SSSR count). The predicted octanol–water partition coefficient (Wildman–Crippen LogP) is 5.35. The van der Waals surface area contributed by atoms with Crippen LogP contribution in [0.4, 0.5) is 5.69 Å². The van der Waals surface area contributed by atoms with E-state index in [1.54, 1.807) is 30.3 Å². The van der Waals surface area contributed by atoms with Crippen molar-refractivity contribution in [2.45, 2.75) is 6.42 Å². The van der Waals surface area contributed by atoms with E-state index in [4.69, 9.17) is 44.3 Å². The predicted molar refractivity (Wildman–Crippen MR) is 106 cm³/mol. The maximum Gasteiger partial charge on any atom is 0.266 e. The highest BCUT2D eigenvalue weighted by Crippen LogP contribution is 2.38. The van der Waals surface area contributed by atoms with Crippen LogP contribution in [-0.2, 0) is 4.79 Å². The summed E-state index contributed by atoms with van der Waals surface area (Å²) in [6.07, 6.45) is 2.14. The molecular formula is C19H13Cl3N2O3. The van der Waals surface area contributed by atoms with Crippen LogP contribution in [0.25, 0.3) is 6.08 Å². The van der Waals surface area contributed by atoms with Crippen molar-refractivity contribution in [3.8, 4) is 17.6 Å². The number of nitrogens with zero attached hydrogens (tertiary/aromatic N) is 1. The molecule has 27 heavy (non-hydrogen) atoms. The van der Waals surface area contributed by atoms with Crippen molar-refractivity contribution in [2.75, 3.05) is 18.5 Å². The van der Waals surface area contributed by atoms with Gasteiger partial charge in [-0.2, -0.15) is 5.26 Å². The number of nitrogens with one attached hydrogen (secondary N) is 1. The van der Waals surface area contributed by atoms with Crippen LogP contribution in [0, 0.1) is 11.3 Å². The molecule has 0 atom stereocenters. The van der Waals surface area contributed by atoms with Crippen molar-refractivity contribution in [3.05, 3.63) is 56.5 Å². The Bertz CT molecular complexity index is 947. The zero-order chi connectivity index (χ0) is 19.4. The molecule has 2 aromatic rings. The maximum absolute atomic E-state index is 12.5.